The van der Waals surface area contributed by atoms with Crippen molar-refractivity contribution in [1.29, 1.82) is 0 Å². The van der Waals surface area contributed by atoms with E-state index in [2.05, 4.69) is 12.1 Å². The van der Waals surface area contributed by atoms with E-state index in [0.717, 1.165) is 10.9 Å². The molecule has 3 aromatic carbocycles. The molecule has 1 nitrogen and oxygen atoms in total. The first-order valence-corrected chi connectivity index (χ1v) is 7.19. The van der Waals surface area contributed by atoms with Crippen molar-refractivity contribution in [3.8, 4) is 0 Å². The van der Waals surface area contributed by atoms with Crippen molar-refractivity contribution >= 4 is 22.4 Å². The Morgan fingerprint density at radius 2 is 1.71 bits per heavy atom. The van der Waals surface area contributed by atoms with Crippen LogP contribution < -0.4 is 5.73 Å². The zero-order valence-corrected chi connectivity index (χ0v) is 12.1. The van der Waals surface area contributed by atoms with Gasteiger partial charge in [0.2, 0.25) is 0 Å². The van der Waals surface area contributed by atoms with Crippen LogP contribution in [0.1, 0.15) is 17.2 Å². The maximum Gasteiger partial charge on any atom is 0.126 e. The predicted octanol–water partition coefficient (Wildman–Crippen LogP) is 4.87. The van der Waals surface area contributed by atoms with Crippen molar-refractivity contribution < 1.29 is 4.39 Å². The summed E-state index contributed by atoms with van der Waals surface area (Å²) in [4.78, 5) is 0. The highest BCUT2D eigenvalue weighted by atomic mass is 35.5. The molecular formula is C18H15ClFN. The summed E-state index contributed by atoms with van der Waals surface area (Å²) in [5, 5.41) is 2.83. The topological polar surface area (TPSA) is 26.0 Å². The molecule has 0 aliphatic rings. The first kappa shape index (κ1) is 14.1. The third kappa shape index (κ3) is 3.07. The highest BCUT2D eigenvalue weighted by Crippen LogP contribution is 2.24. The van der Waals surface area contributed by atoms with Gasteiger partial charge in [-0.3, -0.25) is 0 Å². The summed E-state index contributed by atoms with van der Waals surface area (Å²) in [6.45, 7) is 0. The molecule has 3 heteroatoms. The molecule has 1 unspecified atom stereocenters. The number of benzene rings is 3. The standard InChI is InChI=1S/C18H15ClFN/c19-16-7-8-17(20)15(10-16)11-18(21)14-6-5-12-3-1-2-4-13(12)9-14/h1-10,18H,11,21H2. The predicted molar refractivity (Wildman–Crippen MR) is 86.0 cm³/mol. The van der Waals surface area contributed by atoms with Crippen LogP contribution in [0.3, 0.4) is 0 Å². The lowest BCUT2D eigenvalue weighted by atomic mass is 9.97. The number of hydrogen-bond acceptors (Lipinski definition) is 1. The summed E-state index contributed by atoms with van der Waals surface area (Å²) < 4.78 is 13.8. The summed E-state index contributed by atoms with van der Waals surface area (Å²) in [6, 6.07) is 18.5. The van der Waals surface area contributed by atoms with Crippen LogP contribution in [0, 0.1) is 5.82 Å². The van der Waals surface area contributed by atoms with E-state index in [1.807, 2.05) is 30.3 Å². The van der Waals surface area contributed by atoms with E-state index in [0.29, 0.717) is 17.0 Å². The Balaban J connectivity index is 1.89. The van der Waals surface area contributed by atoms with Crippen molar-refractivity contribution in [1.82, 2.24) is 0 Å². The molecule has 0 saturated carbocycles. The maximum absolute atomic E-state index is 13.8. The average Bonchev–Trinajstić information content (AvgIpc) is 2.50. The summed E-state index contributed by atoms with van der Waals surface area (Å²) in [5.74, 6) is -0.268. The molecule has 0 heterocycles. The maximum atomic E-state index is 13.8. The average molecular weight is 300 g/mol. The van der Waals surface area contributed by atoms with Crippen molar-refractivity contribution in [2.45, 2.75) is 12.5 Å². The molecule has 0 aromatic heterocycles. The smallest absolute Gasteiger partial charge is 0.126 e. The van der Waals surface area contributed by atoms with Gasteiger partial charge in [0.05, 0.1) is 0 Å². The molecule has 0 bridgehead atoms. The zero-order chi connectivity index (χ0) is 14.8. The van der Waals surface area contributed by atoms with Crippen molar-refractivity contribution in [2.75, 3.05) is 0 Å². The molecule has 21 heavy (non-hydrogen) atoms. The molecule has 0 fully saturated rings. The molecule has 0 amide bonds. The van der Waals surface area contributed by atoms with E-state index < -0.39 is 0 Å². The fourth-order valence-electron chi connectivity index (χ4n) is 2.49. The second-order valence-electron chi connectivity index (χ2n) is 5.15. The Labute approximate surface area is 128 Å². The molecule has 3 rings (SSSR count). The molecule has 2 N–H and O–H groups in total. The number of halogens is 2. The molecule has 0 spiro atoms. The van der Waals surface area contributed by atoms with Crippen LogP contribution in [0.15, 0.2) is 60.7 Å². The first-order valence-electron chi connectivity index (χ1n) is 6.82. The van der Waals surface area contributed by atoms with Crippen LogP contribution in [-0.4, -0.2) is 0 Å². The molecular weight excluding hydrogens is 285 g/mol. The Morgan fingerprint density at radius 1 is 0.952 bits per heavy atom. The largest absolute Gasteiger partial charge is 0.324 e. The van der Waals surface area contributed by atoms with Crippen molar-refractivity contribution in [2.24, 2.45) is 5.73 Å². The van der Waals surface area contributed by atoms with Crippen LogP contribution in [0.5, 0.6) is 0 Å². The summed E-state index contributed by atoms with van der Waals surface area (Å²) in [6.07, 6.45) is 0.421. The summed E-state index contributed by atoms with van der Waals surface area (Å²) in [7, 11) is 0. The minimum absolute atomic E-state index is 0.262. The van der Waals surface area contributed by atoms with Gasteiger partial charge in [-0.1, -0.05) is 48.0 Å². The van der Waals surface area contributed by atoms with Gasteiger partial charge in [-0.05, 0) is 52.6 Å². The molecule has 106 valence electrons. The number of nitrogens with two attached hydrogens (primary N) is 1. The van der Waals surface area contributed by atoms with E-state index in [1.165, 1.54) is 11.5 Å². The Morgan fingerprint density at radius 3 is 2.52 bits per heavy atom. The Kier molecular flexibility index (Phi) is 3.91. The van der Waals surface area contributed by atoms with E-state index in [4.69, 9.17) is 17.3 Å². The molecule has 0 saturated heterocycles. The summed E-state index contributed by atoms with van der Waals surface area (Å²) in [5.41, 5.74) is 7.77. The highest BCUT2D eigenvalue weighted by Gasteiger charge is 2.11. The lowest BCUT2D eigenvalue weighted by Gasteiger charge is -2.14. The van der Waals surface area contributed by atoms with Gasteiger partial charge in [-0.25, -0.2) is 4.39 Å². The fourth-order valence-corrected chi connectivity index (χ4v) is 2.69. The quantitative estimate of drug-likeness (QED) is 0.733. The van der Waals surface area contributed by atoms with Gasteiger partial charge in [0.15, 0.2) is 0 Å². The van der Waals surface area contributed by atoms with Gasteiger partial charge in [0.25, 0.3) is 0 Å². The SMILES string of the molecule is NC(Cc1cc(Cl)ccc1F)c1ccc2ccccc2c1. The van der Waals surface area contributed by atoms with E-state index >= 15 is 0 Å². The third-order valence-electron chi connectivity index (χ3n) is 3.65. The molecule has 0 radical (unpaired) electrons. The Hall–Kier alpha value is -1.90. The minimum Gasteiger partial charge on any atom is -0.324 e. The lowest BCUT2D eigenvalue weighted by molar-refractivity contribution is 0.593. The lowest BCUT2D eigenvalue weighted by Crippen LogP contribution is -2.14. The second kappa shape index (κ2) is 5.84. The van der Waals surface area contributed by atoms with Crippen LogP contribution in [-0.2, 0) is 6.42 Å². The second-order valence-corrected chi connectivity index (χ2v) is 5.59. The van der Waals surface area contributed by atoms with Crippen LogP contribution >= 0.6 is 11.6 Å². The summed E-state index contributed by atoms with van der Waals surface area (Å²) >= 11 is 5.92. The van der Waals surface area contributed by atoms with E-state index in [-0.39, 0.29) is 11.9 Å². The fraction of sp³-hybridized carbons (Fsp3) is 0.111. The van der Waals surface area contributed by atoms with Crippen molar-refractivity contribution in [3.05, 3.63) is 82.6 Å². The van der Waals surface area contributed by atoms with Gasteiger partial charge in [-0.2, -0.15) is 0 Å². The molecule has 0 aliphatic carbocycles. The number of hydrogen-bond donors (Lipinski definition) is 1. The van der Waals surface area contributed by atoms with E-state index in [1.54, 1.807) is 12.1 Å². The number of rotatable bonds is 3. The van der Waals surface area contributed by atoms with Gasteiger partial charge >= 0.3 is 0 Å². The first-order chi connectivity index (χ1) is 10.1. The zero-order valence-electron chi connectivity index (χ0n) is 11.4. The minimum atomic E-state index is -0.268. The molecule has 1 atom stereocenters. The third-order valence-corrected chi connectivity index (χ3v) is 3.88. The van der Waals surface area contributed by atoms with Gasteiger partial charge in [0, 0.05) is 11.1 Å². The highest BCUT2D eigenvalue weighted by molar-refractivity contribution is 6.30. The van der Waals surface area contributed by atoms with Crippen molar-refractivity contribution in [3.63, 3.8) is 0 Å². The normalized spacial score (nSPS) is 12.5. The molecule has 0 aliphatic heterocycles. The monoisotopic (exact) mass is 299 g/mol. The Bertz CT molecular complexity index is 785. The molecule has 3 aromatic rings. The van der Waals surface area contributed by atoms with Crippen LogP contribution in [0.25, 0.3) is 10.8 Å². The van der Waals surface area contributed by atoms with Gasteiger partial charge in [0.1, 0.15) is 5.82 Å². The van der Waals surface area contributed by atoms with Gasteiger partial charge < -0.3 is 5.73 Å². The van der Waals surface area contributed by atoms with Crippen LogP contribution in [0.2, 0.25) is 5.02 Å². The number of fused-ring (bicyclic) bond motifs is 1. The van der Waals surface area contributed by atoms with Crippen LogP contribution in [0.4, 0.5) is 4.39 Å². The van der Waals surface area contributed by atoms with E-state index in [9.17, 15) is 4.39 Å². The van der Waals surface area contributed by atoms with Gasteiger partial charge in [-0.15, -0.1) is 0 Å².